The lowest BCUT2D eigenvalue weighted by Gasteiger charge is -2.09. The summed E-state index contributed by atoms with van der Waals surface area (Å²) in [6, 6.07) is 21.9. The zero-order valence-corrected chi connectivity index (χ0v) is 16.3. The van der Waals surface area contributed by atoms with E-state index < -0.39 is 5.97 Å². The minimum atomic E-state index is -1.06. The molecule has 8 nitrogen and oxygen atoms in total. The van der Waals surface area contributed by atoms with Gasteiger partial charge in [0.1, 0.15) is 5.75 Å². The first-order chi connectivity index (χ1) is 14.6. The van der Waals surface area contributed by atoms with Crippen LogP contribution in [-0.2, 0) is 6.54 Å². The third-order valence-electron chi connectivity index (χ3n) is 4.27. The quantitative estimate of drug-likeness (QED) is 0.455. The molecule has 4 rings (SSSR count). The summed E-state index contributed by atoms with van der Waals surface area (Å²) in [6.07, 6.45) is 0. The lowest BCUT2D eigenvalue weighted by Crippen LogP contribution is -2.02. The molecule has 0 unspecified atom stereocenters. The number of carboxylic acids is 1. The van der Waals surface area contributed by atoms with Crippen molar-refractivity contribution in [1.82, 2.24) is 20.2 Å². The fourth-order valence-corrected chi connectivity index (χ4v) is 3.02. The maximum absolute atomic E-state index is 11.0. The van der Waals surface area contributed by atoms with Crippen LogP contribution in [-0.4, -0.2) is 31.3 Å². The average molecular weight is 422 g/mol. The Kier molecular flexibility index (Phi) is 5.58. The number of rotatable bonds is 7. The van der Waals surface area contributed by atoms with E-state index in [1.54, 1.807) is 12.1 Å². The van der Waals surface area contributed by atoms with E-state index in [4.69, 9.17) is 21.4 Å². The molecule has 3 aromatic carbocycles. The number of hydrogen-bond donors (Lipinski definition) is 2. The molecule has 1 aromatic heterocycles. The topological polar surface area (TPSA) is 102 Å². The smallest absolute Gasteiger partial charge is 0.345 e. The van der Waals surface area contributed by atoms with Crippen molar-refractivity contribution in [3.8, 4) is 17.4 Å². The van der Waals surface area contributed by atoms with Crippen LogP contribution < -0.4 is 10.1 Å². The molecule has 30 heavy (non-hydrogen) atoms. The van der Waals surface area contributed by atoms with Gasteiger partial charge in [-0.1, -0.05) is 47.0 Å². The highest BCUT2D eigenvalue weighted by Crippen LogP contribution is 2.23. The third-order valence-corrected chi connectivity index (χ3v) is 4.58. The molecule has 4 aromatic rings. The van der Waals surface area contributed by atoms with Crippen molar-refractivity contribution in [2.75, 3.05) is 5.32 Å². The SMILES string of the molecule is O=C(O)c1ccc(NCc2ccc(Oc3nnnn3-c3ccccc3)cc2)cc1Cl. The van der Waals surface area contributed by atoms with Gasteiger partial charge in [0.2, 0.25) is 0 Å². The van der Waals surface area contributed by atoms with Gasteiger partial charge in [0.05, 0.1) is 16.3 Å². The second-order valence-electron chi connectivity index (χ2n) is 6.31. The molecule has 1 heterocycles. The minimum absolute atomic E-state index is 0.0709. The molecule has 0 aliphatic carbocycles. The molecule has 0 aliphatic rings. The van der Waals surface area contributed by atoms with Crippen molar-refractivity contribution in [3.63, 3.8) is 0 Å². The Balaban J connectivity index is 1.40. The van der Waals surface area contributed by atoms with Crippen molar-refractivity contribution in [2.24, 2.45) is 0 Å². The van der Waals surface area contributed by atoms with Crippen LogP contribution in [0.3, 0.4) is 0 Å². The number of benzene rings is 3. The van der Waals surface area contributed by atoms with Gasteiger partial charge in [0.25, 0.3) is 0 Å². The van der Waals surface area contributed by atoms with E-state index in [1.165, 1.54) is 10.7 Å². The van der Waals surface area contributed by atoms with Crippen LogP contribution in [0.5, 0.6) is 11.8 Å². The summed E-state index contributed by atoms with van der Waals surface area (Å²) in [5.41, 5.74) is 2.60. The molecule has 0 saturated carbocycles. The zero-order valence-electron chi connectivity index (χ0n) is 15.6. The lowest BCUT2D eigenvalue weighted by atomic mass is 10.2. The number of aromatic nitrogens is 4. The van der Waals surface area contributed by atoms with Crippen molar-refractivity contribution in [1.29, 1.82) is 0 Å². The number of hydrogen-bond acceptors (Lipinski definition) is 6. The third kappa shape index (κ3) is 4.39. The van der Waals surface area contributed by atoms with Crippen molar-refractivity contribution >= 4 is 23.3 Å². The first-order valence-electron chi connectivity index (χ1n) is 8.97. The Morgan fingerprint density at radius 3 is 2.53 bits per heavy atom. The van der Waals surface area contributed by atoms with Crippen LogP contribution in [0.15, 0.2) is 72.8 Å². The fraction of sp³-hybridized carbons (Fsp3) is 0.0476. The second-order valence-corrected chi connectivity index (χ2v) is 6.72. The number of carbonyl (C=O) groups is 1. The van der Waals surface area contributed by atoms with Crippen molar-refractivity contribution in [2.45, 2.75) is 6.54 Å². The number of aromatic carboxylic acids is 1. The summed E-state index contributed by atoms with van der Waals surface area (Å²) in [5, 5.41) is 24.0. The van der Waals surface area contributed by atoms with E-state index in [1.807, 2.05) is 54.6 Å². The van der Waals surface area contributed by atoms with Gasteiger partial charge in [-0.15, -0.1) is 0 Å². The molecular formula is C21H16ClN5O3. The molecular weight excluding hydrogens is 406 g/mol. The van der Waals surface area contributed by atoms with Crippen LogP contribution in [0.2, 0.25) is 5.02 Å². The van der Waals surface area contributed by atoms with E-state index in [0.29, 0.717) is 12.3 Å². The van der Waals surface area contributed by atoms with Gasteiger partial charge in [-0.25, -0.2) is 4.79 Å². The predicted octanol–water partition coefficient (Wildman–Crippen LogP) is 4.42. The van der Waals surface area contributed by atoms with E-state index in [0.717, 1.165) is 16.9 Å². The average Bonchev–Trinajstić information content (AvgIpc) is 3.22. The van der Waals surface area contributed by atoms with E-state index in [2.05, 4.69) is 20.8 Å². The number of nitrogens with zero attached hydrogens (tertiary/aromatic N) is 4. The number of halogens is 1. The molecule has 0 bridgehead atoms. The lowest BCUT2D eigenvalue weighted by molar-refractivity contribution is 0.0697. The van der Waals surface area contributed by atoms with Crippen LogP contribution in [0, 0.1) is 0 Å². The maximum Gasteiger partial charge on any atom is 0.345 e. The molecule has 150 valence electrons. The van der Waals surface area contributed by atoms with Gasteiger partial charge in [-0.2, -0.15) is 4.68 Å². The van der Waals surface area contributed by atoms with Crippen LogP contribution >= 0.6 is 11.6 Å². The summed E-state index contributed by atoms with van der Waals surface area (Å²) < 4.78 is 7.32. The standard InChI is InChI=1S/C21H16ClN5O3/c22-19-12-15(8-11-18(19)20(28)29)23-13-14-6-9-17(10-7-14)30-21-24-25-26-27(21)16-4-2-1-3-5-16/h1-12,23H,13H2,(H,28,29). The first kappa shape index (κ1) is 19.4. The van der Waals surface area contributed by atoms with Gasteiger partial charge in [0.15, 0.2) is 0 Å². The fourth-order valence-electron chi connectivity index (χ4n) is 2.76. The number of nitrogens with one attached hydrogen (secondary N) is 1. The highest BCUT2D eigenvalue weighted by molar-refractivity contribution is 6.33. The Labute approximate surface area is 176 Å². The van der Waals surface area contributed by atoms with Crippen molar-refractivity contribution in [3.05, 3.63) is 88.9 Å². The van der Waals surface area contributed by atoms with Crippen molar-refractivity contribution < 1.29 is 14.6 Å². The van der Waals surface area contributed by atoms with Crippen LogP contribution in [0.1, 0.15) is 15.9 Å². The number of anilines is 1. The van der Waals surface area contributed by atoms with Gasteiger partial charge in [0, 0.05) is 12.2 Å². The van der Waals surface area contributed by atoms with Gasteiger partial charge in [-0.3, -0.25) is 0 Å². The molecule has 0 fully saturated rings. The Morgan fingerprint density at radius 1 is 1.07 bits per heavy atom. The summed E-state index contributed by atoms with van der Waals surface area (Å²) in [5.74, 6) is -0.458. The highest BCUT2D eigenvalue weighted by Gasteiger charge is 2.11. The minimum Gasteiger partial charge on any atom is -0.478 e. The maximum atomic E-state index is 11.0. The predicted molar refractivity (Wildman–Crippen MR) is 111 cm³/mol. The van der Waals surface area contributed by atoms with E-state index >= 15 is 0 Å². The normalized spacial score (nSPS) is 10.6. The molecule has 0 spiro atoms. The Hall–Kier alpha value is -3.91. The van der Waals surface area contributed by atoms with Gasteiger partial charge >= 0.3 is 12.0 Å². The van der Waals surface area contributed by atoms with Gasteiger partial charge in [-0.05, 0) is 58.5 Å². The Morgan fingerprint density at radius 2 is 1.83 bits per heavy atom. The zero-order chi connectivity index (χ0) is 20.9. The van der Waals surface area contributed by atoms with Gasteiger partial charge < -0.3 is 15.2 Å². The molecule has 0 amide bonds. The second kappa shape index (κ2) is 8.62. The first-order valence-corrected chi connectivity index (χ1v) is 9.35. The monoisotopic (exact) mass is 421 g/mol. The van der Waals surface area contributed by atoms with Crippen LogP contribution in [0.25, 0.3) is 5.69 Å². The summed E-state index contributed by atoms with van der Waals surface area (Å²) in [7, 11) is 0. The number of para-hydroxylation sites is 1. The number of carboxylic acid groups (broad SMARTS) is 1. The molecule has 0 atom stereocenters. The molecule has 0 saturated heterocycles. The molecule has 2 N–H and O–H groups in total. The summed E-state index contributed by atoms with van der Waals surface area (Å²) >= 11 is 6.00. The highest BCUT2D eigenvalue weighted by atomic mass is 35.5. The summed E-state index contributed by atoms with van der Waals surface area (Å²) in [6.45, 7) is 0.533. The largest absolute Gasteiger partial charge is 0.478 e. The number of ether oxygens (including phenoxy) is 1. The van der Waals surface area contributed by atoms with E-state index in [9.17, 15) is 4.79 Å². The summed E-state index contributed by atoms with van der Waals surface area (Å²) in [4.78, 5) is 11.0. The molecule has 9 heteroatoms. The van der Waals surface area contributed by atoms with Crippen LogP contribution in [0.4, 0.5) is 5.69 Å². The Bertz CT molecular complexity index is 1160. The molecule has 0 aliphatic heterocycles. The molecule has 0 radical (unpaired) electrons. The van der Waals surface area contributed by atoms with E-state index in [-0.39, 0.29) is 16.6 Å². The number of tetrazole rings is 1.